The van der Waals surface area contributed by atoms with Crippen LogP contribution in [0.1, 0.15) is 30.0 Å². The summed E-state index contributed by atoms with van der Waals surface area (Å²) in [5.41, 5.74) is 9.47. The highest BCUT2D eigenvalue weighted by Crippen LogP contribution is 2.28. The molecule has 2 aromatic heterocycles. The summed E-state index contributed by atoms with van der Waals surface area (Å²) in [6, 6.07) is 19.8. The van der Waals surface area contributed by atoms with Crippen LogP contribution >= 0.6 is 0 Å². The first kappa shape index (κ1) is 24.5. The molecule has 0 aliphatic carbocycles. The quantitative estimate of drug-likeness (QED) is 0.419. The third-order valence-corrected chi connectivity index (χ3v) is 6.43. The van der Waals surface area contributed by atoms with Crippen LogP contribution in [0.4, 0.5) is 5.82 Å². The Balaban J connectivity index is 1.29. The molecule has 37 heavy (non-hydrogen) atoms. The van der Waals surface area contributed by atoms with Crippen LogP contribution in [0.2, 0.25) is 0 Å². The van der Waals surface area contributed by atoms with E-state index in [1.54, 1.807) is 10.9 Å². The minimum atomic E-state index is 0.0461. The summed E-state index contributed by atoms with van der Waals surface area (Å²) in [7, 11) is 1.83. The van der Waals surface area contributed by atoms with Gasteiger partial charge in [0.1, 0.15) is 6.61 Å². The van der Waals surface area contributed by atoms with Crippen molar-refractivity contribution in [3.63, 3.8) is 0 Å². The van der Waals surface area contributed by atoms with Gasteiger partial charge in [-0.05, 0) is 37.6 Å². The molecule has 9 nitrogen and oxygen atoms in total. The third-order valence-electron chi connectivity index (χ3n) is 6.43. The van der Waals surface area contributed by atoms with Gasteiger partial charge in [0.05, 0.1) is 0 Å². The standard InChI is InChI=1S/C28H31N7O2/c1-18-15-35(16-19(2)31-18)28(36)22-11-9-20(10-12-22)23-13-24(26(29)30-14-23)37-17-25-32-27(33-34(25)3)21-7-5-4-6-8-21/h4-14,18-19,31H,15-17H2,1-3H3,(H2,29,30). The maximum absolute atomic E-state index is 13.0. The number of ether oxygens (including phenoxy) is 1. The van der Waals surface area contributed by atoms with Gasteiger partial charge in [-0.3, -0.25) is 4.79 Å². The molecule has 0 bridgehead atoms. The number of nitrogen functional groups attached to an aromatic ring is 1. The fourth-order valence-electron chi connectivity index (χ4n) is 4.60. The zero-order chi connectivity index (χ0) is 25.9. The molecule has 2 atom stereocenters. The number of nitrogens with zero attached hydrogens (tertiary/aromatic N) is 5. The maximum atomic E-state index is 13.0. The lowest BCUT2D eigenvalue weighted by atomic mass is 10.0. The summed E-state index contributed by atoms with van der Waals surface area (Å²) >= 11 is 0. The summed E-state index contributed by atoms with van der Waals surface area (Å²) in [5.74, 6) is 2.11. The third kappa shape index (κ3) is 5.46. The van der Waals surface area contributed by atoms with E-state index in [4.69, 9.17) is 10.5 Å². The maximum Gasteiger partial charge on any atom is 0.253 e. The second-order valence-electron chi connectivity index (χ2n) is 9.49. The van der Waals surface area contributed by atoms with Gasteiger partial charge in [-0.15, -0.1) is 0 Å². The van der Waals surface area contributed by atoms with Crippen LogP contribution in [0.15, 0.2) is 66.9 Å². The minimum absolute atomic E-state index is 0.0461. The number of hydrogen-bond donors (Lipinski definition) is 2. The molecule has 0 saturated carbocycles. The second kappa shape index (κ2) is 10.4. The van der Waals surface area contributed by atoms with Crippen molar-refractivity contribution < 1.29 is 9.53 Å². The predicted molar refractivity (Wildman–Crippen MR) is 143 cm³/mol. The van der Waals surface area contributed by atoms with Crippen molar-refractivity contribution in [2.24, 2.45) is 7.05 Å². The first-order valence-corrected chi connectivity index (χ1v) is 12.4. The molecule has 2 aromatic carbocycles. The molecule has 9 heteroatoms. The van der Waals surface area contributed by atoms with Crippen LogP contribution in [0.3, 0.4) is 0 Å². The Morgan fingerprint density at radius 3 is 2.43 bits per heavy atom. The summed E-state index contributed by atoms with van der Waals surface area (Å²) in [6.45, 7) is 5.79. The fraction of sp³-hybridized carbons (Fsp3) is 0.286. The summed E-state index contributed by atoms with van der Waals surface area (Å²) in [4.78, 5) is 23.8. The highest BCUT2D eigenvalue weighted by molar-refractivity contribution is 5.95. The number of carbonyl (C=O) groups is 1. The molecule has 1 amide bonds. The molecule has 3 heterocycles. The number of hydrogen-bond acceptors (Lipinski definition) is 7. The molecule has 2 unspecified atom stereocenters. The number of anilines is 1. The second-order valence-corrected chi connectivity index (χ2v) is 9.49. The first-order valence-electron chi connectivity index (χ1n) is 12.4. The lowest BCUT2D eigenvalue weighted by Crippen LogP contribution is -2.55. The summed E-state index contributed by atoms with van der Waals surface area (Å²) in [6.07, 6.45) is 1.70. The largest absolute Gasteiger partial charge is 0.482 e. The van der Waals surface area contributed by atoms with Crippen molar-refractivity contribution in [1.29, 1.82) is 0 Å². The molecular formula is C28H31N7O2. The lowest BCUT2D eigenvalue weighted by molar-refractivity contribution is 0.0674. The monoisotopic (exact) mass is 497 g/mol. The van der Waals surface area contributed by atoms with Gasteiger partial charge in [0, 0.05) is 55.1 Å². The van der Waals surface area contributed by atoms with Crippen molar-refractivity contribution >= 4 is 11.7 Å². The van der Waals surface area contributed by atoms with E-state index in [1.807, 2.05) is 72.6 Å². The number of amides is 1. The molecule has 1 aliphatic rings. The SMILES string of the molecule is CC1CN(C(=O)c2ccc(-c3cnc(N)c(OCc4nc(-c5ccccc5)nn4C)c3)cc2)CC(C)N1. The number of benzene rings is 2. The molecule has 190 valence electrons. The van der Waals surface area contributed by atoms with E-state index >= 15 is 0 Å². The fourth-order valence-corrected chi connectivity index (χ4v) is 4.60. The Morgan fingerprint density at radius 1 is 1.03 bits per heavy atom. The van der Waals surface area contributed by atoms with Crippen molar-refractivity contribution in [3.8, 4) is 28.3 Å². The Bertz CT molecular complexity index is 1380. The van der Waals surface area contributed by atoms with Crippen molar-refractivity contribution in [3.05, 3.63) is 78.2 Å². The molecule has 1 aliphatic heterocycles. The molecule has 5 rings (SSSR count). The van der Waals surface area contributed by atoms with Crippen LogP contribution < -0.4 is 15.8 Å². The zero-order valence-corrected chi connectivity index (χ0v) is 21.3. The number of aromatic nitrogens is 4. The number of piperazine rings is 1. The van der Waals surface area contributed by atoms with E-state index < -0.39 is 0 Å². The lowest BCUT2D eigenvalue weighted by Gasteiger charge is -2.36. The van der Waals surface area contributed by atoms with Crippen molar-refractivity contribution in [2.75, 3.05) is 18.8 Å². The van der Waals surface area contributed by atoms with Gasteiger partial charge in [0.15, 0.2) is 23.2 Å². The van der Waals surface area contributed by atoms with Gasteiger partial charge in [-0.1, -0.05) is 42.5 Å². The number of aryl methyl sites for hydroxylation is 1. The zero-order valence-electron chi connectivity index (χ0n) is 21.3. The molecule has 4 aromatic rings. The van der Waals surface area contributed by atoms with E-state index in [-0.39, 0.29) is 24.6 Å². The molecule has 1 fully saturated rings. The van der Waals surface area contributed by atoms with Crippen LogP contribution in [-0.2, 0) is 13.7 Å². The minimum Gasteiger partial charge on any atom is -0.482 e. The number of nitrogens with two attached hydrogens (primary N) is 1. The van der Waals surface area contributed by atoms with E-state index in [2.05, 4.69) is 34.2 Å². The molecule has 0 spiro atoms. The van der Waals surface area contributed by atoms with Crippen molar-refractivity contribution in [1.82, 2.24) is 30.0 Å². The molecule has 0 radical (unpaired) electrons. The highest BCUT2D eigenvalue weighted by Gasteiger charge is 2.25. The molecular weight excluding hydrogens is 466 g/mol. The first-order chi connectivity index (χ1) is 17.9. The normalized spacial score (nSPS) is 17.5. The average molecular weight is 498 g/mol. The van der Waals surface area contributed by atoms with Crippen LogP contribution in [0.5, 0.6) is 5.75 Å². The number of carbonyl (C=O) groups excluding carboxylic acids is 1. The number of rotatable bonds is 6. The molecule has 3 N–H and O–H groups in total. The van der Waals surface area contributed by atoms with Gasteiger partial charge < -0.3 is 20.7 Å². The summed E-state index contributed by atoms with van der Waals surface area (Å²) in [5, 5.41) is 7.95. The number of nitrogens with one attached hydrogen (secondary N) is 1. The molecule has 1 saturated heterocycles. The average Bonchev–Trinajstić information content (AvgIpc) is 3.28. The Kier molecular flexibility index (Phi) is 6.87. The van der Waals surface area contributed by atoms with Gasteiger partial charge in [0.2, 0.25) is 0 Å². The van der Waals surface area contributed by atoms with Gasteiger partial charge in [0.25, 0.3) is 5.91 Å². The van der Waals surface area contributed by atoms with Gasteiger partial charge >= 0.3 is 0 Å². The van der Waals surface area contributed by atoms with Gasteiger partial charge in [-0.2, -0.15) is 5.10 Å². The summed E-state index contributed by atoms with van der Waals surface area (Å²) < 4.78 is 7.70. The van der Waals surface area contributed by atoms with E-state index in [0.29, 0.717) is 41.9 Å². The van der Waals surface area contributed by atoms with E-state index in [1.165, 1.54) is 0 Å². The van der Waals surface area contributed by atoms with Crippen LogP contribution in [0, 0.1) is 0 Å². The highest BCUT2D eigenvalue weighted by atomic mass is 16.5. The van der Waals surface area contributed by atoms with Crippen LogP contribution in [-0.4, -0.2) is 55.7 Å². The predicted octanol–water partition coefficient (Wildman–Crippen LogP) is 3.53. The van der Waals surface area contributed by atoms with Crippen LogP contribution in [0.25, 0.3) is 22.5 Å². The Morgan fingerprint density at radius 2 is 1.73 bits per heavy atom. The number of pyridine rings is 1. The van der Waals surface area contributed by atoms with E-state index in [9.17, 15) is 4.79 Å². The van der Waals surface area contributed by atoms with E-state index in [0.717, 1.165) is 16.7 Å². The topological polar surface area (TPSA) is 111 Å². The van der Waals surface area contributed by atoms with Crippen molar-refractivity contribution in [2.45, 2.75) is 32.5 Å². The van der Waals surface area contributed by atoms with Gasteiger partial charge in [-0.25, -0.2) is 14.6 Å². The Hall–Kier alpha value is -4.24. The smallest absolute Gasteiger partial charge is 0.253 e. The Labute approximate surface area is 216 Å².